The van der Waals surface area contributed by atoms with Crippen molar-refractivity contribution in [2.24, 2.45) is 17.8 Å². The third kappa shape index (κ3) is 27.7. The first-order valence-electron chi connectivity index (χ1n) is 32.4. The van der Waals surface area contributed by atoms with Gasteiger partial charge in [0.05, 0.1) is 86.0 Å². The lowest BCUT2D eigenvalue weighted by Gasteiger charge is -2.46. The number of carbonyl (C=O) groups excluding carboxylic acids is 5. The minimum Gasteiger partial charge on any atom is -0.461 e. The Bertz CT molecular complexity index is 2870. The number of hydrogen-bond acceptors (Lipinski definition) is 22. The quantitative estimate of drug-likeness (QED) is 0.0799. The Morgan fingerprint density at radius 2 is 1.34 bits per heavy atom. The van der Waals surface area contributed by atoms with Crippen molar-refractivity contribution in [1.29, 1.82) is 0 Å². The van der Waals surface area contributed by atoms with Crippen molar-refractivity contribution in [2.75, 3.05) is 39.5 Å². The van der Waals surface area contributed by atoms with Gasteiger partial charge in [0.15, 0.2) is 17.9 Å². The fourth-order valence-corrected chi connectivity index (χ4v) is 11.7. The SMILES string of the molecule is CNc1ccc(C(=O)CC(O)CCC(C)C2OC(=O)CC(O)CC(=O)CC(O)CC(O)CC(O)CC(O)CC3(O)CC(O)C(C(=O)NCCc4ccccn4)C(CC(O[C@@H]4O[C@H](C)[C@@H](O)[C@H](NC(=O)CN(C)C)[C@@H]4O)/C=C/C=C/C=C/C=C\C=C/C=C/C=C/C2C)O3)cc1. The summed E-state index contributed by atoms with van der Waals surface area (Å²) in [7, 11) is 5.12. The number of likely N-dealkylation sites (N-methyl/N-ethyl adjacent to an activating group) is 1. The monoisotopic (exact) mass is 1320 g/mol. The Kier molecular flexibility index (Phi) is 33.4. The van der Waals surface area contributed by atoms with Crippen molar-refractivity contribution in [3.8, 4) is 0 Å². The van der Waals surface area contributed by atoms with Gasteiger partial charge in [-0.25, -0.2) is 0 Å². The number of carbonyl (C=O) groups is 5. The summed E-state index contributed by atoms with van der Waals surface area (Å²) in [6, 6.07) is 11.0. The number of Topliss-reactive ketones (excluding diaryl/α,β-unsaturated/α-hetero) is 2. The van der Waals surface area contributed by atoms with Crippen LogP contribution in [0.15, 0.2) is 134 Å². The topological polar surface area (TPSA) is 377 Å². The normalized spacial score (nSPS) is 34.1. The summed E-state index contributed by atoms with van der Waals surface area (Å²) in [6.07, 6.45) is 3.80. The second-order valence-electron chi connectivity index (χ2n) is 25.2. The van der Waals surface area contributed by atoms with E-state index in [1.165, 1.54) is 6.92 Å². The molecule has 2 amide bonds. The molecule has 0 aliphatic carbocycles. The molecule has 0 spiro atoms. The van der Waals surface area contributed by atoms with E-state index in [4.69, 9.17) is 18.9 Å². The van der Waals surface area contributed by atoms with Crippen molar-refractivity contribution in [2.45, 2.75) is 202 Å². The number of allylic oxidation sites excluding steroid dienone is 12. The number of benzene rings is 1. The van der Waals surface area contributed by atoms with E-state index >= 15 is 0 Å². The highest BCUT2D eigenvalue weighted by Gasteiger charge is 2.51. The number of aliphatic hydroxyl groups excluding tert-OH is 9. The maximum Gasteiger partial charge on any atom is 0.308 e. The molecule has 0 radical (unpaired) electrons. The van der Waals surface area contributed by atoms with Crippen LogP contribution in [0.5, 0.6) is 0 Å². The molecule has 19 atom stereocenters. The van der Waals surface area contributed by atoms with Crippen LogP contribution in [0.2, 0.25) is 0 Å². The molecule has 94 heavy (non-hydrogen) atoms. The van der Waals surface area contributed by atoms with E-state index in [2.05, 4.69) is 20.9 Å². The fourth-order valence-electron chi connectivity index (χ4n) is 11.7. The Hall–Kier alpha value is -6.46. The van der Waals surface area contributed by atoms with Crippen LogP contribution in [0.1, 0.15) is 114 Å². The summed E-state index contributed by atoms with van der Waals surface area (Å²) < 4.78 is 24.7. The second kappa shape index (κ2) is 40.2. The van der Waals surface area contributed by atoms with E-state index in [9.17, 15) is 75.0 Å². The summed E-state index contributed by atoms with van der Waals surface area (Å²) in [5.74, 6) is -7.22. The Balaban J connectivity index is 1.40. The smallest absolute Gasteiger partial charge is 0.308 e. The van der Waals surface area contributed by atoms with Gasteiger partial charge in [-0.05, 0) is 95.4 Å². The summed E-state index contributed by atoms with van der Waals surface area (Å²) in [4.78, 5) is 72.6. The van der Waals surface area contributed by atoms with E-state index < -0.39 is 178 Å². The minimum absolute atomic E-state index is 0.0579. The van der Waals surface area contributed by atoms with E-state index in [-0.39, 0.29) is 50.0 Å². The van der Waals surface area contributed by atoms with Gasteiger partial charge in [0, 0.05) is 87.6 Å². The lowest BCUT2D eigenvalue weighted by atomic mass is 9.82. The van der Waals surface area contributed by atoms with Crippen LogP contribution >= 0.6 is 0 Å². The molecule has 24 nitrogen and oxygen atoms in total. The Labute approximate surface area is 551 Å². The van der Waals surface area contributed by atoms with Crippen molar-refractivity contribution in [3.63, 3.8) is 0 Å². The molecule has 5 rings (SSSR count). The average molecular weight is 1320 g/mol. The maximum atomic E-state index is 14.2. The molecular formula is C70H101N5O19. The molecule has 14 unspecified atom stereocenters. The first kappa shape index (κ1) is 78.2. The number of anilines is 1. The highest BCUT2D eigenvalue weighted by Crippen LogP contribution is 2.38. The number of aromatic nitrogens is 1. The molecule has 1 aromatic heterocycles. The van der Waals surface area contributed by atoms with E-state index in [1.54, 1.807) is 154 Å². The third-order valence-electron chi connectivity index (χ3n) is 16.5. The molecule has 2 fully saturated rings. The number of nitrogens with one attached hydrogen (secondary N) is 3. The number of esters is 1. The average Bonchev–Trinajstić information content (AvgIpc) is 0.810. The molecule has 3 aliphatic heterocycles. The lowest BCUT2D eigenvalue weighted by Crippen LogP contribution is -2.64. The van der Waals surface area contributed by atoms with Crippen molar-refractivity contribution >= 4 is 35.0 Å². The van der Waals surface area contributed by atoms with Crippen LogP contribution in [0.4, 0.5) is 5.69 Å². The highest BCUT2D eigenvalue weighted by atomic mass is 16.7. The number of pyridine rings is 1. The molecule has 4 heterocycles. The minimum atomic E-state index is -2.34. The van der Waals surface area contributed by atoms with Crippen LogP contribution < -0.4 is 16.0 Å². The van der Waals surface area contributed by atoms with Gasteiger partial charge in [-0.1, -0.05) is 105 Å². The maximum absolute atomic E-state index is 14.2. The number of ether oxygens (including phenoxy) is 4. The van der Waals surface area contributed by atoms with Crippen molar-refractivity contribution in [1.82, 2.24) is 20.5 Å². The molecule has 24 heteroatoms. The molecule has 2 saturated heterocycles. The standard InChI is InChI=1S/C70H101N5O19/c1-44-21-17-15-13-11-9-7-8-10-12-14-16-18-23-57(92-69-66(88)64(65(87)46(3)91-69)74-61(85)43-75(5)6)40-60-63(68(89)73-32-30-49-22-19-20-31-72-49)59(84)42-70(90,94-60)41-56(82)37-54(80)35-52(78)33-51(77)34-53(79)36-55(81)39-62(86)93-67(44)45(2)24-29-50(76)38-58(83)47-25-27-48(71-4)28-26-47/h7-23,25-28,31,44-46,50-52,54-57,59-60,63-67,69,71,76-78,80-82,84,87-88,90H,24,29-30,32-43H2,1-6H3,(H,73,89)(H,74,85)/b8-7-,11-9-,12-10+,15-13+,16-14+,21-17+,23-18+/t44?,45?,46-,50?,51?,52?,54?,55?,56?,57?,59?,60?,63?,64+,65-,66+,67?,69+,70?/m1/s1. The predicted octanol–water partition coefficient (Wildman–Crippen LogP) is 3.13. The highest BCUT2D eigenvalue weighted by molar-refractivity contribution is 5.96. The van der Waals surface area contributed by atoms with Crippen LogP contribution in [0, 0.1) is 17.8 Å². The summed E-state index contributed by atoms with van der Waals surface area (Å²) in [6.45, 7) is 5.28. The molecule has 1 aromatic carbocycles. The van der Waals surface area contributed by atoms with Crippen molar-refractivity contribution in [3.05, 3.63) is 145 Å². The van der Waals surface area contributed by atoms with Crippen LogP contribution in [-0.4, -0.2) is 222 Å². The van der Waals surface area contributed by atoms with Crippen LogP contribution in [0.25, 0.3) is 0 Å². The number of ketones is 2. The number of hydrogen-bond donors (Lipinski definition) is 13. The van der Waals surface area contributed by atoms with Gasteiger partial charge in [-0.15, -0.1) is 0 Å². The van der Waals surface area contributed by atoms with E-state index in [0.29, 0.717) is 24.1 Å². The Morgan fingerprint density at radius 3 is 1.96 bits per heavy atom. The summed E-state index contributed by atoms with van der Waals surface area (Å²) >= 11 is 0. The first-order chi connectivity index (χ1) is 44.7. The zero-order chi connectivity index (χ0) is 68.9. The number of cyclic esters (lactones) is 1. The zero-order valence-electron chi connectivity index (χ0n) is 54.7. The molecule has 13 N–H and O–H groups in total. The van der Waals surface area contributed by atoms with Crippen LogP contribution in [-0.2, 0) is 44.5 Å². The number of nitrogens with zero attached hydrogens (tertiary/aromatic N) is 2. The third-order valence-corrected chi connectivity index (χ3v) is 16.5. The first-order valence-corrected chi connectivity index (χ1v) is 32.4. The summed E-state index contributed by atoms with van der Waals surface area (Å²) in [5, 5.41) is 121. The largest absolute Gasteiger partial charge is 0.461 e. The fraction of sp³-hybridized carbons (Fsp3) is 0.571. The van der Waals surface area contributed by atoms with Crippen LogP contribution in [0.3, 0.4) is 0 Å². The van der Waals surface area contributed by atoms with Gasteiger partial charge in [-0.3, -0.25) is 29.0 Å². The number of aliphatic hydroxyl groups is 10. The molecule has 3 aliphatic rings. The van der Waals surface area contributed by atoms with Gasteiger partial charge in [0.1, 0.15) is 24.1 Å². The van der Waals surface area contributed by atoms with Gasteiger partial charge < -0.3 is 90.9 Å². The van der Waals surface area contributed by atoms with E-state index in [0.717, 1.165) is 5.69 Å². The zero-order valence-corrected chi connectivity index (χ0v) is 54.7. The second-order valence-corrected chi connectivity index (χ2v) is 25.2. The number of amides is 2. The molecular weight excluding hydrogens is 1210 g/mol. The number of fused-ring (bicyclic) bond motifs is 2. The Morgan fingerprint density at radius 1 is 0.734 bits per heavy atom. The van der Waals surface area contributed by atoms with Gasteiger partial charge in [-0.2, -0.15) is 0 Å². The number of rotatable bonds is 17. The molecule has 0 saturated carbocycles. The predicted molar refractivity (Wildman–Crippen MR) is 351 cm³/mol. The van der Waals surface area contributed by atoms with Gasteiger partial charge >= 0.3 is 5.97 Å². The molecule has 2 aromatic rings. The van der Waals surface area contributed by atoms with Gasteiger partial charge in [0.25, 0.3) is 0 Å². The van der Waals surface area contributed by atoms with Gasteiger partial charge in [0.2, 0.25) is 11.8 Å². The molecule has 2 bridgehead atoms. The van der Waals surface area contributed by atoms with Crippen molar-refractivity contribution < 1.29 is 94.0 Å². The summed E-state index contributed by atoms with van der Waals surface area (Å²) in [5.41, 5.74) is 1.98. The van der Waals surface area contributed by atoms with E-state index in [1.807, 2.05) is 19.9 Å². The lowest BCUT2D eigenvalue weighted by molar-refractivity contribution is -0.307. The molecule has 520 valence electrons.